The lowest BCUT2D eigenvalue weighted by atomic mass is 10.1. The van der Waals surface area contributed by atoms with Gasteiger partial charge in [0.1, 0.15) is 5.52 Å². The Kier molecular flexibility index (Phi) is 4.59. The number of hydrogen-bond donors (Lipinski definition) is 3. The summed E-state index contributed by atoms with van der Waals surface area (Å²) in [5.74, 6) is -0.596. The highest BCUT2D eigenvalue weighted by Crippen LogP contribution is 2.20. The molecule has 1 aromatic carbocycles. The van der Waals surface area contributed by atoms with E-state index in [1.54, 1.807) is 24.3 Å². The molecule has 0 aliphatic carbocycles. The van der Waals surface area contributed by atoms with Crippen molar-refractivity contribution >= 4 is 28.9 Å². The molecule has 1 aliphatic heterocycles. The molecular formula is C18H20N6O3. The van der Waals surface area contributed by atoms with Crippen molar-refractivity contribution in [1.29, 1.82) is 0 Å². The molecule has 0 radical (unpaired) electrons. The molecule has 0 spiro atoms. The van der Waals surface area contributed by atoms with E-state index in [0.29, 0.717) is 22.3 Å². The van der Waals surface area contributed by atoms with E-state index in [1.165, 1.54) is 7.11 Å². The van der Waals surface area contributed by atoms with Gasteiger partial charge in [0.2, 0.25) is 5.95 Å². The lowest BCUT2D eigenvalue weighted by Crippen LogP contribution is -2.32. The fourth-order valence-electron chi connectivity index (χ4n) is 3.26. The van der Waals surface area contributed by atoms with Gasteiger partial charge in [0, 0.05) is 12.7 Å². The molecule has 0 bridgehead atoms. The molecule has 1 aliphatic rings. The Morgan fingerprint density at radius 1 is 1.33 bits per heavy atom. The van der Waals surface area contributed by atoms with E-state index >= 15 is 0 Å². The SMILES string of the molecule is COC(=O)c1cccc2[nH]c(NC(=O)c3ccn(C4CCCNC4)n3)nc12. The number of benzene rings is 1. The largest absolute Gasteiger partial charge is 0.465 e. The average Bonchev–Trinajstić information content (AvgIpc) is 3.34. The van der Waals surface area contributed by atoms with E-state index in [4.69, 9.17) is 4.74 Å². The summed E-state index contributed by atoms with van der Waals surface area (Å²) in [4.78, 5) is 31.7. The maximum atomic E-state index is 12.5. The van der Waals surface area contributed by atoms with Crippen LogP contribution in [0.2, 0.25) is 0 Å². The zero-order valence-electron chi connectivity index (χ0n) is 14.9. The number of amides is 1. The Bertz CT molecular complexity index is 986. The van der Waals surface area contributed by atoms with Gasteiger partial charge in [-0.3, -0.25) is 14.8 Å². The Hall–Kier alpha value is -3.20. The summed E-state index contributed by atoms with van der Waals surface area (Å²) >= 11 is 0. The molecule has 1 fully saturated rings. The third-order valence-corrected chi connectivity index (χ3v) is 4.64. The van der Waals surface area contributed by atoms with Gasteiger partial charge in [0.25, 0.3) is 5.91 Å². The van der Waals surface area contributed by atoms with Crippen LogP contribution in [0.3, 0.4) is 0 Å². The molecule has 9 heteroatoms. The van der Waals surface area contributed by atoms with Crippen LogP contribution in [0.25, 0.3) is 11.0 Å². The number of rotatable bonds is 4. The maximum absolute atomic E-state index is 12.5. The molecule has 1 unspecified atom stereocenters. The van der Waals surface area contributed by atoms with Gasteiger partial charge in [-0.1, -0.05) is 6.07 Å². The summed E-state index contributed by atoms with van der Waals surface area (Å²) in [6.07, 6.45) is 3.95. The van der Waals surface area contributed by atoms with E-state index < -0.39 is 5.97 Å². The van der Waals surface area contributed by atoms with Crippen LogP contribution in [0.1, 0.15) is 39.7 Å². The van der Waals surface area contributed by atoms with Crippen molar-refractivity contribution in [1.82, 2.24) is 25.1 Å². The number of nitrogens with one attached hydrogen (secondary N) is 3. The number of nitrogens with zero attached hydrogens (tertiary/aromatic N) is 3. The second-order valence-corrected chi connectivity index (χ2v) is 6.41. The molecule has 9 nitrogen and oxygen atoms in total. The third-order valence-electron chi connectivity index (χ3n) is 4.64. The molecule has 3 N–H and O–H groups in total. The molecular weight excluding hydrogens is 348 g/mol. The minimum absolute atomic E-state index is 0.250. The van der Waals surface area contributed by atoms with Crippen molar-refractivity contribution in [2.75, 3.05) is 25.5 Å². The highest BCUT2D eigenvalue weighted by Gasteiger charge is 2.19. The molecule has 0 saturated carbocycles. The topological polar surface area (TPSA) is 114 Å². The lowest BCUT2D eigenvalue weighted by molar-refractivity contribution is 0.0602. The van der Waals surface area contributed by atoms with Crippen molar-refractivity contribution in [2.24, 2.45) is 0 Å². The standard InChI is InChI=1S/C18H20N6O3/c1-27-17(26)12-5-2-6-13-15(12)21-18(20-13)22-16(25)14-7-9-24(23-14)11-4-3-8-19-10-11/h2,5-7,9,11,19H,3-4,8,10H2,1H3,(H2,20,21,22,25). The summed E-state index contributed by atoms with van der Waals surface area (Å²) in [7, 11) is 1.31. The van der Waals surface area contributed by atoms with Crippen LogP contribution in [0.4, 0.5) is 5.95 Å². The Morgan fingerprint density at radius 2 is 2.22 bits per heavy atom. The van der Waals surface area contributed by atoms with Gasteiger partial charge in [-0.2, -0.15) is 5.10 Å². The molecule has 2 aromatic heterocycles. The number of esters is 1. The normalized spacial score (nSPS) is 17.0. The number of aromatic amines is 1. The van der Waals surface area contributed by atoms with Crippen LogP contribution in [-0.4, -0.2) is 51.8 Å². The number of carbonyl (C=O) groups excluding carboxylic acids is 2. The molecule has 1 saturated heterocycles. The van der Waals surface area contributed by atoms with E-state index in [0.717, 1.165) is 25.9 Å². The number of ether oxygens (including phenoxy) is 1. The highest BCUT2D eigenvalue weighted by atomic mass is 16.5. The first-order chi connectivity index (χ1) is 13.2. The Balaban J connectivity index is 1.53. The smallest absolute Gasteiger partial charge is 0.340 e. The number of imidazole rings is 1. The molecule has 27 heavy (non-hydrogen) atoms. The van der Waals surface area contributed by atoms with Crippen LogP contribution in [0, 0.1) is 0 Å². The number of para-hydroxylation sites is 1. The minimum atomic E-state index is -0.482. The van der Waals surface area contributed by atoms with Gasteiger partial charge in [-0.15, -0.1) is 0 Å². The maximum Gasteiger partial charge on any atom is 0.340 e. The minimum Gasteiger partial charge on any atom is -0.465 e. The summed E-state index contributed by atoms with van der Waals surface area (Å²) < 4.78 is 6.59. The van der Waals surface area contributed by atoms with Crippen LogP contribution in [-0.2, 0) is 4.74 Å². The van der Waals surface area contributed by atoms with E-state index in [9.17, 15) is 9.59 Å². The van der Waals surface area contributed by atoms with Crippen LogP contribution in [0.5, 0.6) is 0 Å². The number of piperidine rings is 1. The van der Waals surface area contributed by atoms with Gasteiger partial charge >= 0.3 is 5.97 Å². The Labute approximate surface area is 155 Å². The number of methoxy groups -OCH3 is 1. The van der Waals surface area contributed by atoms with E-state index in [2.05, 4.69) is 25.7 Å². The lowest BCUT2D eigenvalue weighted by Gasteiger charge is -2.22. The predicted molar refractivity (Wildman–Crippen MR) is 98.8 cm³/mol. The van der Waals surface area contributed by atoms with Gasteiger partial charge < -0.3 is 15.0 Å². The molecule has 4 rings (SSSR count). The first-order valence-corrected chi connectivity index (χ1v) is 8.80. The van der Waals surface area contributed by atoms with Crippen LogP contribution < -0.4 is 10.6 Å². The molecule has 1 amide bonds. The number of aromatic nitrogens is 4. The number of H-pyrrole nitrogens is 1. The summed E-state index contributed by atoms with van der Waals surface area (Å²) in [6, 6.07) is 7.06. The summed E-state index contributed by atoms with van der Waals surface area (Å²) in [6.45, 7) is 1.87. The molecule has 140 valence electrons. The van der Waals surface area contributed by atoms with E-state index in [-0.39, 0.29) is 17.9 Å². The summed E-state index contributed by atoms with van der Waals surface area (Å²) in [5.41, 5.74) is 1.72. The average molecular weight is 368 g/mol. The second-order valence-electron chi connectivity index (χ2n) is 6.41. The van der Waals surface area contributed by atoms with Crippen molar-refractivity contribution in [2.45, 2.75) is 18.9 Å². The fraction of sp³-hybridized carbons (Fsp3) is 0.333. The van der Waals surface area contributed by atoms with Crippen LogP contribution >= 0.6 is 0 Å². The van der Waals surface area contributed by atoms with Crippen molar-refractivity contribution in [3.05, 3.63) is 41.7 Å². The van der Waals surface area contributed by atoms with Gasteiger partial charge in [0.15, 0.2) is 5.69 Å². The number of fused-ring (bicyclic) bond motifs is 1. The summed E-state index contributed by atoms with van der Waals surface area (Å²) in [5, 5.41) is 10.4. The molecule has 3 aromatic rings. The van der Waals surface area contributed by atoms with Crippen LogP contribution in [0.15, 0.2) is 30.5 Å². The molecule has 1 atom stereocenters. The van der Waals surface area contributed by atoms with Gasteiger partial charge in [-0.05, 0) is 37.6 Å². The quantitative estimate of drug-likeness (QED) is 0.604. The van der Waals surface area contributed by atoms with Gasteiger partial charge in [-0.25, -0.2) is 9.78 Å². The number of hydrogen-bond acceptors (Lipinski definition) is 6. The highest BCUT2D eigenvalue weighted by molar-refractivity contribution is 6.05. The monoisotopic (exact) mass is 368 g/mol. The zero-order valence-corrected chi connectivity index (χ0v) is 14.9. The van der Waals surface area contributed by atoms with E-state index in [1.807, 2.05) is 10.9 Å². The predicted octanol–water partition coefficient (Wildman–Crippen LogP) is 1.72. The third kappa shape index (κ3) is 3.41. The number of carbonyl (C=O) groups is 2. The van der Waals surface area contributed by atoms with Crippen molar-refractivity contribution in [3.63, 3.8) is 0 Å². The van der Waals surface area contributed by atoms with Crippen molar-refractivity contribution in [3.8, 4) is 0 Å². The molecule has 3 heterocycles. The van der Waals surface area contributed by atoms with Crippen molar-refractivity contribution < 1.29 is 14.3 Å². The Morgan fingerprint density at radius 3 is 3.00 bits per heavy atom. The fourth-order valence-corrected chi connectivity index (χ4v) is 3.26. The number of anilines is 1. The second kappa shape index (κ2) is 7.20. The van der Waals surface area contributed by atoms with Gasteiger partial charge in [0.05, 0.1) is 24.2 Å². The first kappa shape index (κ1) is 17.2. The first-order valence-electron chi connectivity index (χ1n) is 8.80. The zero-order chi connectivity index (χ0) is 18.8.